The number of hydrogen-bond acceptors (Lipinski definition) is 3. The van der Waals surface area contributed by atoms with Gasteiger partial charge in [0, 0.05) is 11.2 Å². The van der Waals surface area contributed by atoms with Crippen molar-refractivity contribution in [1.29, 1.82) is 0 Å². The van der Waals surface area contributed by atoms with Gasteiger partial charge in [0.05, 0.1) is 29.5 Å². The number of rotatable bonds is 4. The number of anilines is 1. The molecule has 5 heteroatoms. The number of benzene rings is 1. The lowest BCUT2D eigenvalue weighted by Crippen LogP contribution is -2.03. The third-order valence-electron chi connectivity index (χ3n) is 2.65. The minimum Gasteiger partial charge on any atom is -0.493 e. The fourth-order valence-electron chi connectivity index (χ4n) is 1.69. The topological polar surface area (TPSA) is 34.1 Å². The molecule has 1 N–H and O–H groups in total. The second-order valence-electron chi connectivity index (χ2n) is 4.15. The molecule has 1 heterocycles. The van der Waals surface area contributed by atoms with Crippen molar-refractivity contribution in [1.82, 2.24) is 4.98 Å². The van der Waals surface area contributed by atoms with Crippen molar-refractivity contribution < 1.29 is 4.74 Å². The van der Waals surface area contributed by atoms with Gasteiger partial charge in [-0.2, -0.15) is 0 Å². The molecule has 2 aromatic rings. The van der Waals surface area contributed by atoms with E-state index in [1.165, 1.54) is 0 Å². The second-order valence-corrected chi connectivity index (χ2v) is 5.44. The van der Waals surface area contributed by atoms with E-state index >= 15 is 0 Å². The maximum Gasteiger partial charge on any atom is 0.156 e. The zero-order valence-electron chi connectivity index (χ0n) is 10.7. The molecule has 0 aliphatic carbocycles. The molecular formula is C14H14BrClN2O. The van der Waals surface area contributed by atoms with Crippen LogP contribution in [0.3, 0.4) is 0 Å². The lowest BCUT2D eigenvalue weighted by molar-refractivity contribution is 0.414. The van der Waals surface area contributed by atoms with Crippen LogP contribution in [0.1, 0.15) is 11.3 Å². The number of methoxy groups -OCH3 is 1. The van der Waals surface area contributed by atoms with E-state index in [0.717, 1.165) is 27.2 Å². The molecule has 3 nitrogen and oxygen atoms in total. The van der Waals surface area contributed by atoms with Crippen LogP contribution in [0.25, 0.3) is 0 Å². The first-order valence-electron chi connectivity index (χ1n) is 5.78. The number of halogens is 2. The fourth-order valence-corrected chi connectivity index (χ4v) is 2.66. The number of aromatic nitrogens is 1. The van der Waals surface area contributed by atoms with E-state index in [-0.39, 0.29) is 0 Å². The highest BCUT2D eigenvalue weighted by atomic mass is 79.9. The summed E-state index contributed by atoms with van der Waals surface area (Å²) in [5.41, 5.74) is 2.94. The van der Waals surface area contributed by atoms with Crippen LogP contribution >= 0.6 is 27.5 Å². The van der Waals surface area contributed by atoms with Crippen molar-refractivity contribution in [2.24, 2.45) is 0 Å². The minimum absolute atomic E-state index is 0.615. The molecule has 100 valence electrons. The molecule has 0 bridgehead atoms. The fraction of sp³-hybridized carbons (Fsp3) is 0.214. The second kappa shape index (κ2) is 6.26. The maximum atomic E-state index is 6.04. The minimum atomic E-state index is 0.615. The third-order valence-corrected chi connectivity index (χ3v) is 3.45. The SMILES string of the molecule is COc1c(Br)cc(Cl)cc1NCc1ccc(C)cn1. The molecule has 0 amide bonds. The standard InChI is InChI=1S/C14H14BrClN2O/c1-9-3-4-11(17-7-9)8-18-13-6-10(16)5-12(15)14(13)19-2/h3-7,18H,8H2,1-2H3. The Morgan fingerprint density at radius 1 is 1.37 bits per heavy atom. The summed E-state index contributed by atoms with van der Waals surface area (Å²) in [7, 11) is 1.63. The highest BCUT2D eigenvalue weighted by Crippen LogP contribution is 2.36. The first-order chi connectivity index (χ1) is 9.10. The summed E-state index contributed by atoms with van der Waals surface area (Å²) < 4.78 is 6.17. The summed E-state index contributed by atoms with van der Waals surface area (Å²) in [6.45, 7) is 2.63. The largest absolute Gasteiger partial charge is 0.493 e. The summed E-state index contributed by atoms with van der Waals surface area (Å²) in [6, 6.07) is 7.67. The van der Waals surface area contributed by atoms with Crippen LogP contribution in [0.15, 0.2) is 34.9 Å². The molecule has 0 saturated heterocycles. The highest BCUT2D eigenvalue weighted by molar-refractivity contribution is 9.10. The van der Waals surface area contributed by atoms with Crippen LogP contribution < -0.4 is 10.1 Å². The van der Waals surface area contributed by atoms with Crippen molar-refractivity contribution in [2.75, 3.05) is 12.4 Å². The maximum absolute atomic E-state index is 6.04. The van der Waals surface area contributed by atoms with Gasteiger partial charge < -0.3 is 10.1 Å². The molecule has 0 aliphatic rings. The summed E-state index contributed by atoms with van der Waals surface area (Å²) in [6.07, 6.45) is 1.85. The van der Waals surface area contributed by atoms with Crippen molar-refractivity contribution >= 4 is 33.2 Å². The molecule has 0 atom stereocenters. The number of nitrogens with zero attached hydrogens (tertiary/aromatic N) is 1. The quantitative estimate of drug-likeness (QED) is 0.893. The Morgan fingerprint density at radius 2 is 2.16 bits per heavy atom. The molecule has 0 saturated carbocycles. The van der Waals surface area contributed by atoms with E-state index in [0.29, 0.717) is 11.6 Å². The third kappa shape index (κ3) is 3.61. The van der Waals surface area contributed by atoms with Gasteiger partial charge in [-0.3, -0.25) is 4.98 Å². The van der Waals surface area contributed by atoms with Crippen molar-refractivity contribution in [2.45, 2.75) is 13.5 Å². The van der Waals surface area contributed by atoms with Gasteiger partial charge in [0.2, 0.25) is 0 Å². The summed E-state index contributed by atoms with van der Waals surface area (Å²) in [5, 5.41) is 3.93. The Balaban J connectivity index is 2.17. The molecule has 0 spiro atoms. The average molecular weight is 342 g/mol. The van der Waals surface area contributed by atoms with Crippen molar-refractivity contribution in [3.63, 3.8) is 0 Å². The number of pyridine rings is 1. The Bertz CT molecular complexity index is 572. The van der Waals surface area contributed by atoms with Gasteiger partial charge in [-0.15, -0.1) is 0 Å². The zero-order chi connectivity index (χ0) is 13.8. The lowest BCUT2D eigenvalue weighted by atomic mass is 10.2. The Morgan fingerprint density at radius 3 is 2.79 bits per heavy atom. The lowest BCUT2D eigenvalue weighted by Gasteiger charge is -2.13. The summed E-state index contributed by atoms with van der Waals surface area (Å²) >= 11 is 9.47. The van der Waals surface area contributed by atoms with Gasteiger partial charge in [0.1, 0.15) is 0 Å². The van der Waals surface area contributed by atoms with Gasteiger partial charge >= 0.3 is 0 Å². The molecule has 2 rings (SSSR count). The summed E-state index contributed by atoms with van der Waals surface area (Å²) in [4.78, 5) is 4.35. The van der Waals surface area contributed by atoms with Crippen LogP contribution in [0, 0.1) is 6.92 Å². The number of ether oxygens (including phenoxy) is 1. The number of hydrogen-bond donors (Lipinski definition) is 1. The van der Waals surface area contributed by atoms with Gasteiger partial charge in [-0.1, -0.05) is 17.7 Å². The summed E-state index contributed by atoms with van der Waals surface area (Å²) in [5.74, 6) is 0.733. The van der Waals surface area contributed by atoms with Gasteiger partial charge in [0.25, 0.3) is 0 Å². The number of aryl methyl sites for hydroxylation is 1. The van der Waals surface area contributed by atoms with E-state index in [1.54, 1.807) is 13.2 Å². The van der Waals surface area contributed by atoms with Gasteiger partial charge in [-0.05, 0) is 46.6 Å². The molecule has 1 aromatic carbocycles. The number of nitrogens with one attached hydrogen (secondary N) is 1. The predicted molar refractivity (Wildman–Crippen MR) is 82.0 cm³/mol. The van der Waals surface area contributed by atoms with Crippen LogP contribution in [-0.2, 0) is 6.54 Å². The highest BCUT2D eigenvalue weighted by Gasteiger charge is 2.09. The zero-order valence-corrected chi connectivity index (χ0v) is 13.0. The normalized spacial score (nSPS) is 10.3. The molecule has 0 aliphatic heterocycles. The average Bonchev–Trinajstić information content (AvgIpc) is 2.37. The molecular weight excluding hydrogens is 328 g/mol. The van der Waals surface area contributed by atoms with Crippen LogP contribution in [0.5, 0.6) is 5.75 Å². The Kier molecular flexibility index (Phi) is 4.66. The monoisotopic (exact) mass is 340 g/mol. The van der Waals surface area contributed by atoms with E-state index < -0.39 is 0 Å². The van der Waals surface area contributed by atoms with Gasteiger partial charge in [-0.25, -0.2) is 0 Å². The molecule has 0 fully saturated rings. The Labute approximate surface area is 126 Å². The van der Waals surface area contributed by atoms with Crippen molar-refractivity contribution in [3.8, 4) is 5.75 Å². The van der Waals surface area contributed by atoms with E-state index in [1.807, 2.05) is 31.3 Å². The van der Waals surface area contributed by atoms with Crippen LogP contribution in [0.4, 0.5) is 5.69 Å². The van der Waals surface area contributed by atoms with Gasteiger partial charge in [0.15, 0.2) is 5.75 Å². The molecule has 1 aromatic heterocycles. The molecule has 19 heavy (non-hydrogen) atoms. The predicted octanol–water partition coefficient (Wildman–Crippen LogP) is 4.43. The van der Waals surface area contributed by atoms with Crippen LogP contribution in [0.2, 0.25) is 5.02 Å². The van der Waals surface area contributed by atoms with Crippen LogP contribution in [-0.4, -0.2) is 12.1 Å². The Hall–Kier alpha value is -1.26. The first-order valence-corrected chi connectivity index (χ1v) is 6.95. The molecule has 0 radical (unpaired) electrons. The van der Waals surface area contributed by atoms with Crippen molar-refractivity contribution in [3.05, 3.63) is 51.2 Å². The first kappa shape index (κ1) is 14.2. The van der Waals surface area contributed by atoms with E-state index in [2.05, 4.69) is 26.2 Å². The molecule has 0 unspecified atom stereocenters. The van der Waals surface area contributed by atoms with E-state index in [9.17, 15) is 0 Å². The smallest absolute Gasteiger partial charge is 0.156 e. The van der Waals surface area contributed by atoms with E-state index in [4.69, 9.17) is 16.3 Å².